The molecule has 0 atom stereocenters. The summed E-state index contributed by atoms with van der Waals surface area (Å²) in [6, 6.07) is 18.2. The first kappa shape index (κ1) is 18.4. The number of carbonyl (C=O) groups excluding carboxylic acids is 1. The summed E-state index contributed by atoms with van der Waals surface area (Å²) in [5, 5.41) is 2.79. The summed E-state index contributed by atoms with van der Waals surface area (Å²) in [5.74, 6) is -0.410. The molecule has 0 spiro atoms. The monoisotopic (exact) mass is 363 g/mol. The minimum absolute atomic E-state index is 0.328. The lowest BCUT2D eigenvalue weighted by atomic mass is 10.1. The molecule has 0 aliphatic rings. The molecule has 0 bridgehead atoms. The molecule has 2 aromatic carbocycles. The van der Waals surface area contributed by atoms with E-state index in [0.717, 1.165) is 22.1 Å². The molecular weight excluding hydrogens is 342 g/mol. The van der Waals surface area contributed by atoms with Gasteiger partial charge in [0.05, 0.1) is 6.54 Å². The number of carbonyl (C=O) groups is 1. The molecule has 0 saturated carbocycles. The van der Waals surface area contributed by atoms with Crippen LogP contribution in [0.25, 0.3) is 0 Å². The van der Waals surface area contributed by atoms with Gasteiger partial charge in [0.15, 0.2) is 0 Å². The number of hydrogen-bond donors (Lipinski definition) is 1. The van der Waals surface area contributed by atoms with E-state index in [2.05, 4.69) is 5.32 Å². The van der Waals surface area contributed by atoms with Crippen molar-refractivity contribution in [1.82, 2.24) is 9.13 Å². The van der Waals surface area contributed by atoms with Gasteiger partial charge in [0.1, 0.15) is 6.54 Å². The minimum atomic E-state index is -0.509. The van der Waals surface area contributed by atoms with Crippen LogP contribution in [-0.4, -0.2) is 15.0 Å². The first-order valence-corrected chi connectivity index (χ1v) is 8.80. The number of hydrogen-bond acceptors (Lipinski definition) is 3. The van der Waals surface area contributed by atoms with Gasteiger partial charge in [-0.15, -0.1) is 0 Å². The summed E-state index contributed by atoms with van der Waals surface area (Å²) in [5.41, 5.74) is 1.62. The summed E-state index contributed by atoms with van der Waals surface area (Å²) in [7, 11) is 0. The number of rotatable bonds is 6. The largest absolute Gasteiger partial charge is 0.331 e. The third kappa shape index (κ3) is 4.41. The first-order valence-electron chi connectivity index (χ1n) is 8.80. The summed E-state index contributed by atoms with van der Waals surface area (Å²) in [6.07, 6.45) is 2.23. The number of para-hydroxylation sites is 1. The normalized spacial score (nSPS) is 10.6. The van der Waals surface area contributed by atoms with Crippen LogP contribution < -0.4 is 16.6 Å². The number of aromatic nitrogens is 2. The molecule has 1 aromatic heterocycles. The molecule has 0 aliphatic heterocycles. The van der Waals surface area contributed by atoms with Crippen molar-refractivity contribution in [3.63, 3.8) is 0 Å². The van der Waals surface area contributed by atoms with Crippen LogP contribution in [0.5, 0.6) is 0 Å². The fraction of sp³-hybridized carbons (Fsp3) is 0.190. The Hall–Kier alpha value is -3.41. The lowest BCUT2D eigenvalue weighted by Gasteiger charge is -2.12. The minimum Gasteiger partial charge on any atom is -0.324 e. The Kier molecular flexibility index (Phi) is 5.66. The SMILES string of the molecule is CCc1ccccc1NC(=O)Cn1c(=O)ccn(Cc2ccccc2)c1=O. The second kappa shape index (κ2) is 8.31. The van der Waals surface area contributed by atoms with Crippen LogP contribution in [0.3, 0.4) is 0 Å². The van der Waals surface area contributed by atoms with Gasteiger partial charge in [0.2, 0.25) is 5.91 Å². The molecule has 27 heavy (non-hydrogen) atoms. The molecule has 0 aliphatic carbocycles. The average molecular weight is 363 g/mol. The molecule has 6 heteroatoms. The van der Waals surface area contributed by atoms with E-state index >= 15 is 0 Å². The second-order valence-corrected chi connectivity index (χ2v) is 6.20. The lowest BCUT2D eigenvalue weighted by molar-refractivity contribution is -0.116. The standard InChI is InChI=1S/C21H21N3O3/c1-2-17-10-6-7-11-18(17)22-19(25)15-24-20(26)12-13-23(21(24)27)14-16-8-4-3-5-9-16/h3-13H,2,14-15H2,1H3,(H,22,25). The van der Waals surface area contributed by atoms with Gasteiger partial charge < -0.3 is 5.32 Å². The van der Waals surface area contributed by atoms with E-state index in [1.165, 1.54) is 16.8 Å². The van der Waals surface area contributed by atoms with Crippen molar-refractivity contribution in [3.05, 3.63) is 98.8 Å². The maximum Gasteiger partial charge on any atom is 0.331 e. The summed E-state index contributed by atoms with van der Waals surface area (Å²) < 4.78 is 2.37. The van der Waals surface area contributed by atoms with Crippen LogP contribution in [0, 0.1) is 0 Å². The van der Waals surface area contributed by atoms with E-state index in [0.29, 0.717) is 12.2 Å². The Morgan fingerprint density at radius 1 is 0.963 bits per heavy atom. The summed E-state index contributed by atoms with van der Waals surface area (Å²) in [6.45, 7) is 2.00. The van der Waals surface area contributed by atoms with Gasteiger partial charge in [-0.2, -0.15) is 0 Å². The van der Waals surface area contributed by atoms with Crippen LogP contribution in [0.1, 0.15) is 18.1 Å². The highest BCUT2D eigenvalue weighted by Gasteiger charge is 2.11. The molecule has 1 heterocycles. The smallest absolute Gasteiger partial charge is 0.324 e. The molecule has 0 saturated heterocycles. The quantitative estimate of drug-likeness (QED) is 0.730. The van der Waals surface area contributed by atoms with Crippen molar-refractivity contribution in [2.24, 2.45) is 0 Å². The van der Waals surface area contributed by atoms with Crippen molar-refractivity contribution < 1.29 is 4.79 Å². The molecule has 1 amide bonds. The predicted molar refractivity (Wildman–Crippen MR) is 105 cm³/mol. The van der Waals surface area contributed by atoms with Crippen molar-refractivity contribution in [2.45, 2.75) is 26.4 Å². The molecule has 0 unspecified atom stereocenters. The van der Waals surface area contributed by atoms with E-state index in [-0.39, 0.29) is 6.54 Å². The topological polar surface area (TPSA) is 73.1 Å². The Morgan fingerprint density at radius 3 is 2.41 bits per heavy atom. The van der Waals surface area contributed by atoms with Gasteiger partial charge in [0, 0.05) is 18.0 Å². The van der Waals surface area contributed by atoms with E-state index in [1.807, 2.05) is 55.5 Å². The lowest BCUT2D eigenvalue weighted by Crippen LogP contribution is -2.41. The zero-order valence-corrected chi connectivity index (χ0v) is 15.1. The molecule has 0 radical (unpaired) electrons. The Labute approximate surface area is 156 Å². The zero-order valence-electron chi connectivity index (χ0n) is 15.1. The maximum atomic E-state index is 12.7. The van der Waals surface area contributed by atoms with Gasteiger partial charge in [-0.3, -0.25) is 18.7 Å². The van der Waals surface area contributed by atoms with Gasteiger partial charge >= 0.3 is 5.69 Å². The van der Waals surface area contributed by atoms with Crippen molar-refractivity contribution in [1.29, 1.82) is 0 Å². The molecular formula is C21H21N3O3. The average Bonchev–Trinajstić information content (AvgIpc) is 2.68. The molecule has 0 fully saturated rings. The number of amides is 1. The third-order valence-corrected chi connectivity index (χ3v) is 4.31. The Morgan fingerprint density at radius 2 is 1.67 bits per heavy atom. The van der Waals surface area contributed by atoms with Gasteiger partial charge in [-0.25, -0.2) is 4.79 Å². The fourth-order valence-corrected chi connectivity index (χ4v) is 2.89. The number of nitrogens with one attached hydrogen (secondary N) is 1. The van der Waals surface area contributed by atoms with Crippen molar-refractivity contribution in [3.8, 4) is 0 Å². The van der Waals surface area contributed by atoms with E-state index in [1.54, 1.807) is 6.07 Å². The third-order valence-electron chi connectivity index (χ3n) is 4.31. The molecule has 1 N–H and O–H groups in total. The van der Waals surface area contributed by atoms with E-state index in [4.69, 9.17) is 0 Å². The van der Waals surface area contributed by atoms with Crippen LogP contribution >= 0.6 is 0 Å². The second-order valence-electron chi connectivity index (χ2n) is 6.20. The molecule has 3 aromatic rings. The maximum absolute atomic E-state index is 12.7. The van der Waals surface area contributed by atoms with E-state index < -0.39 is 17.2 Å². The summed E-state index contributed by atoms with van der Waals surface area (Å²) >= 11 is 0. The number of aryl methyl sites for hydroxylation is 1. The van der Waals surface area contributed by atoms with Crippen LogP contribution in [0.2, 0.25) is 0 Å². The van der Waals surface area contributed by atoms with Crippen molar-refractivity contribution >= 4 is 11.6 Å². The first-order chi connectivity index (χ1) is 13.1. The van der Waals surface area contributed by atoms with E-state index in [9.17, 15) is 14.4 Å². The zero-order chi connectivity index (χ0) is 19.2. The van der Waals surface area contributed by atoms with Gasteiger partial charge in [-0.1, -0.05) is 55.5 Å². The van der Waals surface area contributed by atoms with Crippen molar-refractivity contribution in [2.75, 3.05) is 5.32 Å². The van der Waals surface area contributed by atoms with Gasteiger partial charge in [-0.05, 0) is 23.6 Å². The highest BCUT2D eigenvalue weighted by atomic mass is 16.2. The van der Waals surface area contributed by atoms with Gasteiger partial charge in [0.25, 0.3) is 5.56 Å². The van der Waals surface area contributed by atoms with Crippen LogP contribution in [0.15, 0.2) is 76.4 Å². The van der Waals surface area contributed by atoms with Crippen LogP contribution in [0.4, 0.5) is 5.69 Å². The Balaban J connectivity index is 1.82. The Bertz CT molecular complexity index is 1050. The summed E-state index contributed by atoms with van der Waals surface area (Å²) in [4.78, 5) is 37.2. The molecule has 138 valence electrons. The highest BCUT2D eigenvalue weighted by Crippen LogP contribution is 2.15. The number of benzene rings is 2. The molecule has 3 rings (SSSR count). The highest BCUT2D eigenvalue weighted by molar-refractivity contribution is 5.91. The molecule has 6 nitrogen and oxygen atoms in total. The fourth-order valence-electron chi connectivity index (χ4n) is 2.89. The number of nitrogens with zero attached hydrogens (tertiary/aromatic N) is 2. The van der Waals surface area contributed by atoms with Crippen LogP contribution in [-0.2, 0) is 24.3 Å². The number of anilines is 1. The predicted octanol–water partition coefficient (Wildman–Crippen LogP) is 2.26.